The van der Waals surface area contributed by atoms with Crippen molar-refractivity contribution in [2.75, 3.05) is 56.7 Å². The number of amides is 3. The van der Waals surface area contributed by atoms with Gasteiger partial charge in [0.1, 0.15) is 5.75 Å². The summed E-state index contributed by atoms with van der Waals surface area (Å²) in [7, 11) is 1.51. The summed E-state index contributed by atoms with van der Waals surface area (Å²) in [6.07, 6.45) is 3.06. The first-order valence-corrected chi connectivity index (χ1v) is 16.0. The third kappa shape index (κ3) is 7.72. The standard InChI is InChI=1S/C34H38Cl2N4O5/c1-3-45-34(43)39-19-17-38(18-20-39)16-15-26-8-6-7-23-21-24(35)11-14-30(23)40(26)33(42)28-13-12-25(22-31(28)44-2)37-32(41)27-9-4-5-10-29(27)36/h4-5,9-14,21-22,26H,3,6-8,15-20H2,1-2H3,(H,37,41). The first kappa shape index (κ1) is 32.6. The van der Waals surface area contributed by atoms with E-state index in [1.165, 1.54) is 7.11 Å². The van der Waals surface area contributed by atoms with E-state index in [2.05, 4.69) is 10.2 Å². The molecule has 9 nitrogen and oxygen atoms in total. The zero-order valence-electron chi connectivity index (χ0n) is 25.6. The third-order valence-electron chi connectivity index (χ3n) is 8.35. The van der Waals surface area contributed by atoms with Crippen LogP contribution in [0.1, 0.15) is 52.5 Å². The van der Waals surface area contributed by atoms with E-state index in [-0.39, 0.29) is 23.9 Å². The number of ether oxygens (including phenoxy) is 2. The fourth-order valence-electron chi connectivity index (χ4n) is 6.01. The smallest absolute Gasteiger partial charge is 0.409 e. The van der Waals surface area contributed by atoms with Crippen LogP contribution in [0, 0.1) is 0 Å². The van der Waals surface area contributed by atoms with Crippen LogP contribution < -0.4 is 15.0 Å². The van der Waals surface area contributed by atoms with E-state index in [1.807, 2.05) is 30.0 Å². The van der Waals surface area contributed by atoms with Crippen LogP contribution in [-0.2, 0) is 11.2 Å². The number of methoxy groups -OCH3 is 1. The van der Waals surface area contributed by atoms with Gasteiger partial charge in [-0.25, -0.2) is 4.79 Å². The number of carbonyl (C=O) groups is 3. The fourth-order valence-corrected chi connectivity index (χ4v) is 6.43. The zero-order chi connectivity index (χ0) is 31.9. The molecule has 2 aliphatic heterocycles. The van der Waals surface area contributed by atoms with Crippen LogP contribution in [0.25, 0.3) is 0 Å². The second kappa shape index (κ2) is 15.0. The predicted octanol–water partition coefficient (Wildman–Crippen LogP) is 6.77. The van der Waals surface area contributed by atoms with E-state index < -0.39 is 0 Å². The monoisotopic (exact) mass is 652 g/mol. The van der Waals surface area contributed by atoms with Gasteiger partial charge in [0.2, 0.25) is 0 Å². The van der Waals surface area contributed by atoms with Gasteiger partial charge in [0, 0.05) is 61.2 Å². The minimum Gasteiger partial charge on any atom is -0.496 e. The number of hydrogen-bond donors (Lipinski definition) is 1. The average Bonchev–Trinajstić information content (AvgIpc) is 3.22. The zero-order valence-corrected chi connectivity index (χ0v) is 27.1. The normalized spacial score (nSPS) is 16.8. The van der Waals surface area contributed by atoms with Crippen molar-refractivity contribution in [3.05, 3.63) is 87.4 Å². The van der Waals surface area contributed by atoms with Gasteiger partial charge in [0.15, 0.2) is 0 Å². The van der Waals surface area contributed by atoms with Gasteiger partial charge in [-0.1, -0.05) is 35.3 Å². The number of piperazine rings is 1. The lowest BCUT2D eigenvalue weighted by atomic mass is 10.0. The summed E-state index contributed by atoms with van der Waals surface area (Å²) in [4.78, 5) is 45.5. The van der Waals surface area contributed by atoms with Crippen molar-refractivity contribution in [2.24, 2.45) is 0 Å². The molecule has 2 aliphatic rings. The topological polar surface area (TPSA) is 91.4 Å². The molecule has 0 aliphatic carbocycles. The molecule has 0 saturated carbocycles. The highest BCUT2D eigenvalue weighted by Crippen LogP contribution is 2.36. The molecule has 0 aromatic heterocycles. The molecule has 11 heteroatoms. The molecular formula is C34H38Cl2N4O5. The summed E-state index contributed by atoms with van der Waals surface area (Å²) >= 11 is 12.6. The Morgan fingerprint density at radius 2 is 1.73 bits per heavy atom. The van der Waals surface area contributed by atoms with Crippen LogP contribution in [-0.4, -0.2) is 80.2 Å². The Bertz CT molecular complexity index is 1540. The van der Waals surface area contributed by atoms with Gasteiger partial charge in [-0.15, -0.1) is 0 Å². The fraction of sp³-hybridized carbons (Fsp3) is 0.382. The quantitative estimate of drug-likeness (QED) is 0.289. The number of carbonyl (C=O) groups excluding carboxylic acids is 3. The number of rotatable bonds is 8. The SMILES string of the molecule is CCOC(=O)N1CCN(CCC2CCCc3cc(Cl)ccc3N2C(=O)c2ccc(NC(=O)c3ccccc3Cl)cc2OC)CC1. The van der Waals surface area contributed by atoms with Crippen LogP contribution in [0.15, 0.2) is 60.7 Å². The average molecular weight is 654 g/mol. The molecule has 238 valence electrons. The van der Waals surface area contributed by atoms with E-state index in [0.717, 1.165) is 56.6 Å². The first-order chi connectivity index (χ1) is 21.8. The summed E-state index contributed by atoms with van der Waals surface area (Å²) in [6, 6.07) is 17.5. The largest absolute Gasteiger partial charge is 0.496 e. The summed E-state index contributed by atoms with van der Waals surface area (Å²) < 4.78 is 10.8. The van der Waals surface area contributed by atoms with Crippen molar-refractivity contribution in [3.8, 4) is 5.75 Å². The van der Waals surface area contributed by atoms with E-state index in [9.17, 15) is 14.4 Å². The van der Waals surface area contributed by atoms with Crippen molar-refractivity contribution in [2.45, 2.75) is 38.6 Å². The Balaban J connectivity index is 1.37. The number of hydrogen-bond acceptors (Lipinski definition) is 6. The Kier molecular flexibility index (Phi) is 10.9. The maximum absolute atomic E-state index is 14.5. The Morgan fingerprint density at radius 3 is 2.47 bits per heavy atom. The predicted molar refractivity (Wildman–Crippen MR) is 177 cm³/mol. The van der Waals surface area contributed by atoms with Crippen molar-refractivity contribution in [1.29, 1.82) is 0 Å². The Labute approximate surface area is 274 Å². The van der Waals surface area contributed by atoms with Crippen molar-refractivity contribution >= 4 is 52.5 Å². The minimum absolute atomic E-state index is 0.0627. The maximum atomic E-state index is 14.5. The molecule has 1 saturated heterocycles. The third-order valence-corrected chi connectivity index (χ3v) is 8.92. The van der Waals surface area contributed by atoms with E-state index in [4.69, 9.17) is 32.7 Å². The minimum atomic E-state index is -0.358. The van der Waals surface area contributed by atoms with Gasteiger partial charge in [-0.2, -0.15) is 0 Å². The molecular weight excluding hydrogens is 615 g/mol. The maximum Gasteiger partial charge on any atom is 0.409 e. The van der Waals surface area contributed by atoms with Crippen molar-refractivity contribution in [1.82, 2.24) is 9.80 Å². The molecule has 3 amide bonds. The molecule has 0 radical (unpaired) electrons. The summed E-state index contributed by atoms with van der Waals surface area (Å²) in [6.45, 7) is 5.69. The molecule has 1 unspecified atom stereocenters. The van der Waals surface area contributed by atoms with Gasteiger partial charge in [0.05, 0.1) is 29.9 Å². The molecule has 45 heavy (non-hydrogen) atoms. The van der Waals surface area contributed by atoms with Gasteiger partial charge in [-0.3, -0.25) is 14.5 Å². The first-order valence-electron chi connectivity index (χ1n) is 15.3. The van der Waals surface area contributed by atoms with E-state index >= 15 is 0 Å². The summed E-state index contributed by atoms with van der Waals surface area (Å²) in [5.74, 6) is -0.188. The number of aryl methyl sites for hydroxylation is 1. The molecule has 5 rings (SSSR count). The lowest BCUT2D eigenvalue weighted by Gasteiger charge is -2.36. The van der Waals surface area contributed by atoms with Gasteiger partial charge < -0.3 is 24.6 Å². The van der Waals surface area contributed by atoms with Gasteiger partial charge in [0.25, 0.3) is 11.8 Å². The molecule has 1 N–H and O–H groups in total. The second-order valence-electron chi connectivity index (χ2n) is 11.2. The highest BCUT2D eigenvalue weighted by atomic mass is 35.5. The number of benzene rings is 3. The molecule has 0 spiro atoms. The van der Waals surface area contributed by atoms with E-state index in [1.54, 1.807) is 47.4 Å². The molecule has 0 bridgehead atoms. The van der Waals surface area contributed by atoms with Crippen LogP contribution in [0.2, 0.25) is 10.0 Å². The van der Waals surface area contributed by atoms with Crippen LogP contribution in [0.4, 0.5) is 16.2 Å². The highest BCUT2D eigenvalue weighted by molar-refractivity contribution is 6.34. The van der Waals surface area contributed by atoms with Crippen LogP contribution in [0.3, 0.4) is 0 Å². The molecule has 2 heterocycles. The van der Waals surface area contributed by atoms with E-state index in [0.29, 0.717) is 52.3 Å². The Morgan fingerprint density at radius 1 is 0.956 bits per heavy atom. The van der Waals surface area contributed by atoms with Crippen LogP contribution in [0.5, 0.6) is 5.75 Å². The molecule has 1 atom stereocenters. The van der Waals surface area contributed by atoms with Crippen molar-refractivity contribution < 1.29 is 23.9 Å². The number of fused-ring (bicyclic) bond motifs is 1. The summed E-state index contributed by atoms with van der Waals surface area (Å²) in [5, 5.41) is 3.84. The van der Waals surface area contributed by atoms with Crippen LogP contribution >= 0.6 is 23.2 Å². The Hall–Kier alpha value is -3.79. The molecule has 1 fully saturated rings. The van der Waals surface area contributed by atoms with Gasteiger partial charge in [-0.05, 0) is 80.6 Å². The lowest BCUT2D eigenvalue weighted by Crippen LogP contribution is -2.50. The number of anilines is 2. The summed E-state index contributed by atoms with van der Waals surface area (Å²) in [5.41, 5.74) is 3.10. The number of halogens is 2. The molecule has 3 aromatic rings. The highest BCUT2D eigenvalue weighted by Gasteiger charge is 2.33. The number of nitrogens with zero attached hydrogens (tertiary/aromatic N) is 3. The molecule has 3 aromatic carbocycles. The lowest BCUT2D eigenvalue weighted by molar-refractivity contribution is 0.0781. The van der Waals surface area contributed by atoms with Gasteiger partial charge >= 0.3 is 6.09 Å². The number of nitrogens with one attached hydrogen (secondary N) is 1. The second-order valence-corrected chi connectivity index (χ2v) is 12.0. The van der Waals surface area contributed by atoms with Crippen molar-refractivity contribution in [3.63, 3.8) is 0 Å².